The molecule has 0 aromatic carbocycles. The number of allylic oxidation sites excluding steroid dienone is 4. The Bertz CT molecular complexity index is 266. The van der Waals surface area contributed by atoms with Gasteiger partial charge in [-0.1, -0.05) is 18.7 Å². The van der Waals surface area contributed by atoms with Gasteiger partial charge in [-0.3, -0.25) is 0 Å². The maximum atomic E-state index is 12.4. The van der Waals surface area contributed by atoms with Gasteiger partial charge in [0.15, 0.2) is 0 Å². The van der Waals surface area contributed by atoms with Crippen molar-refractivity contribution in [3.63, 3.8) is 0 Å². The van der Waals surface area contributed by atoms with Crippen molar-refractivity contribution < 1.29 is 13.2 Å². The first-order valence-electron chi connectivity index (χ1n) is 3.77. The highest BCUT2D eigenvalue weighted by molar-refractivity contribution is 5.42. The molecule has 0 saturated carbocycles. The molecule has 0 aliphatic carbocycles. The van der Waals surface area contributed by atoms with Crippen LogP contribution in [0.3, 0.4) is 0 Å². The third-order valence-electron chi connectivity index (χ3n) is 1.73. The molecule has 0 fully saturated rings. The SMILES string of the molecule is C=C(C)/C(C)=C(\C(=C)C)C(F)(F)F. The Kier molecular flexibility index (Phi) is 3.52. The van der Waals surface area contributed by atoms with Gasteiger partial charge in [0.2, 0.25) is 0 Å². The van der Waals surface area contributed by atoms with Gasteiger partial charge < -0.3 is 0 Å². The molecule has 0 unspecified atom stereocenters. The van der Waals surface area contributed by atoms with E-state index in [0.29, 0.717) is 5.57 Å². The van der Waals surface area contributed by atoms with E-state index in [9.17, 15) is 13.2 Å². The average molecular weight is 190 g/mol. The average Bonchev–Trinajstić information content (AvgIpc) is 1.82. The number of hydrogen-bond donors (Lipinski definition) is 0. The van der Waals surface area contributed by atoms with Crippen LogP contribution in [0.25, 0.3) is 0 Å². The van der Waals surface area contributed by atoms with Crippen LogP contribution in [-0.4, -0.2) is 6.18 Å². The van der Waals surface area contributed by atoms with Gasteiger partial charge in [0.05, 0.1) is 5.57 Å². The van der Waals surface area contributed by atoms with Crippen LogP contribution in [0.5, 0.6) is 0 Å². The molecule has 0 nitrogen and oxygen atoms in total. The van der Waals surface area contributed by atoms with E-state index in [2.05, 4.69) is 13.2 Å². The van der Waals surface area contributed by atoms with Crippen molar-refractivity contribution in [1.29, 1.82) is 0 Å². The third-order valence-corrected chi connectivity index (χ3v) is 1.73. The second-order valence-electron chi connectivity index (χ2n) is 3.06. The zero-order chi connectivity index (χ0) is 10.8. The second-order valence-corrected chi connectivity index (χ2v) is 3.06. The molecule has 74 valence electrons. The molecule has 0 aliphatic rings. The fraction of sp³-hybridized carbons (Fsp3) is 0.400. The molecule has 13 heavy (non-hydrogen) atoms. The van der Waals surface area contributed by atoms with Gasteiger partial charge in [-0.15, -0.1) is 0 Å². The van der Waals surface area contributed by atoms with E-state index >= 15 is 0 Å². The number of halogens is 3. The van der Waals surface area contributed by atoms with Crippen LogP contribution < -0.4 is 0 Å². The van der Waals surface area contributed by atoms with Gasteiger partial charge in [0.1, 0.15) is 0 Å². The molecular formula is C10H13F3. The lowest BCUT2D eigenvalue weighted by Gasteiger charge is -2.15. The maximum absolute atomic E-state index is 12.4. The summed E-state index contributed by atoms with van der Waals surface area (Å²) < 4.78 is 37.3. The van der Waals surface area contributed by atoms with Crippen LogP contribution in [0.2, 0.25) is 0 Å². The van der Waals surface area contributed by atoms with E-state index in [4.69, 9.17) is 0 Å². The summed E-state index contributed by atoms with van der Waals surface area (Å²) in [7, 11) is 0. The molecule has 0 spiro atoms. The Hall–Kier alpha value is -0.990. The lowest BCUT2D eigenvalue weighted by molar-refractivity contribution is -0.0899. The largest absolute Gasteiger partial charge is 0.416 e. The highest BCUT2D eigenvalue weighted by Gasteiger charge is 2.35. The zero-order valence-electron chi connectivity index (χ0n) is 8.05. The van der Waals surface area contributed by atoms with Crippen molar-refractivity contribution in [2.45, 2.75) is 26.9 Å². The number of alkyl halides is 3. The first-order chi connectivity index (χ1) is 5.68. The molecule has 0 aromatic rings. The van der Waals surface area contributed by atoms with Crippen LogP contribution in [0, 0.1) is 0 Å². The van der Waals surface area contributed by atoms with Gasteiger partial charge in [-0.25, -0.2) is 0 Å². The van der Waals surface area contributed by atoms with E-state index < -0.39 is 11.7 Å². The Labute approximate surface area is 76.5 Å². The summed E-state index contributed by atoms with van der Waals surface area (Å²) >= 11 is 0. The number of hydrogen-bond acceptors (Lipinski definition) is 0. The Morgan fingerprint density at radius 3 is 1.38 bits per heavy atom. The van der Waals surface area contributed by atoms with Gasteiger partial charge in [-0.05, 0) is 31.9 Å². The zero-order valence-corrected chi connectivity index (χ0v) is 8.05. The predicted molar refractivity (Wildman–Crippen MR) is 48.4 cm³/mol. The van der Waals surface area contributed by atoms with Gasteiger partial charge in [-0.2, -0.15) is 13.2 Å². The van der Waals surface area contributed by atoms with E-state index in [1.54, 1.807) is 6.92 Å². The minimum absolute atomic E-state index is 0.0213. The van der Waals surface area contributed by atoms with Crippen LogP contribution in [0.1, 0.15) is 20.8 Å². The van der Waals surface area contributed by atoms with Crippen molar-refractivity contribution in [3.8, 4) is 0 Å². The first-order valence-corrected chi connectivity index (χ1v) is 3.77. The van der Waals surface area contributed by atoms with Crippen LogP contribution in [0.4, 0.5) is 13.2 Å². The summed E-state index contributed by atoms with van der Waals surface area (Å²) in [5.74, 6) is 0. The second kappa shape index (κ2) is 3.81. The Morgan fingerprint density at radius 1 is 0.923 bits per heavy atom. The summed E-state index contributed by atoms with van der Waals surface area (Å²) in [6.45, 7) is 11.1. The smallest absolute Gasteiger partial charge is 0.166 e. The summed E-state index contributed by atoms with van der Waals surface area (Å²) in [5, 5.41) is 0. The highest BCUT2D eigenvalue weighted by Crippen LogP contribution is 2.34. The molecule has 0 saturated heterocycles. The van der Waals surface area contributed by atoms with Crippen molar-refractivity contribution >= 4 is 0 Å². The van der Waals surface area contributed by atoms with Crippen LogP contribution in [0.15, 0.2) is 35.5 Å². The van der Waals surface area contributed by atoms with E-state index in [1.807, 2.05) is 0 Å². The van der Waals surface area contributed by atoms with Crippen molar-refractivity contribution in [3.05, 3.63) is 35.5 Å². The fourth-order valence-corrected chi connectivity index (χ4v) is 0.988. The molecule has 0 radical (unpaired) electrons. The summed E-state index contributed by atoms with van der Waals surface area (Å²) in [5.41, 5.74) is -0.0803. The van der Waals surface area contributed by atoms with Crippen molar-refractivity contribution in [2.75, 3.05) is 0 Å². The normalized spacial score (nSPS) is 13.7. The van der Waals surface area contributed by atoms with Crippen molar-refractivity contribution in [1.82, 2.24) is 0 Å². The molecule has 0 atom stereocenters. The monoisotopic (exact) mass is 190 g/mol. The fourth-order valence-electron chi connectivity index (χ4n) is 0.988. The molecule has 0 bridgehead atoms. The standard InChI is InChI=1S/C10H13F3/c1-6(2)8(5)9(7(3)4)10(11,12)13/h1,3H2,2,4-5H3/b9-8+. The molecular weight excluding hydrogens is 177 g/mol. The molecule has 0 N–H and O–H groups in total. The molecule has 3 heteroatoms. The predicted octanol–water partition coefficient (Wildman–Crippen LogP) is 4.02. The van der Waals surface area contributed by atoms with Gasteiger partial charge >= 0.3 is 6.18 Å². The molecule has 0 heterocycles. The Balaban J connectivity index is 5.40. The topological polar surface area (TPSA) is 0 Å². The minimum atomic E-state index is -4.34. The molecule has 0 amide bonds. The Morgan fingerprint density at radius 2 is 1.31 bits per heavy atom. The van der Waals surface area contributed by atoms with Crippen molar-refractivity contribution in [2.24, 2.45) is 0 Å². The molecule has 0 rings (SSSR count). The highest BCUT2D eigenvalue weighted by atomic mass is 19.4. The summed E-state index contributed by atoms with van der Waals surface area (Å²) in [6, 6.07) is 0. The van der Waals surface area contributed by atoms with E-state index in [1.165, 1.54) is 13.8 Å². The van der Waals surface area contributed by atoms with Gasteiger partial charge in [0, 0.05) is 0 Å². The lowest BCUT2D eigenvalue weighted by atomic mass is 9.98. The number of rotatable bonds is 2. The van der Waals surface area contributed by atoms with E-state index in [0.717, 1.165) is 0 Å². The summed E-state index contributed by atoms with van der Waals surface area (Å²) in [4.78, 5) is 0. The quantitative estimate of drug-likeness (QED) is 0.577. The lowest BCUT2D eigenvalue weighted by Crippen LogP contribution is -2.14. The van der Waals surface area contributed by atoms with Crippen LogP contribution in [-0.2, 0) is 0 Å². The molecule has 0 aliphatic heterocycles. The third kappa shape index (κ3) is 3.09. The van der Waals surface area contributed by atoms with Gasteiger partial charge in [0.25, 0.3) is 0 Å². The summed E-state index contributed by atoms with van der Waals surface area (Å²) in [6.07, 6.45) is -4.34. The van der Waals surface area contributed by atoms with Crippen LogP contribution >= 0.6 is 0 Å². The maximum Gasteiger partial charge on any atom is 0.416 e. The first kappa shape index (κ1) is 12.0. The minimum Gasteiger partial charge on any atom is -0.166 e. The molecule has 0 aromatic heterocycles. The van der Waals surface area contributed by atoms with E-state index in [-0.39, 0.29) is 11.1 Å².